The summed E-state index contributed by atoms with van der Waals surface area (Å²) in [5.74, 6) is -0.0176. The Morgan fingerprint density at radius 2 is 1.90 bits per heavy atom. The Morgan fingerprint density at radius 3 is 2.50 bits per heavy atom. The van der Waals surface area contributed by atoms with E-state index in [1.165, 1.54) is 6.42 Å². The normalized spacial score (nSPS) is 24.8. The van der Waals surface area contributed by atoms with Crippen LogP contribution in [-0.2, 0) is 4.79 Å². The van der Waals surface area contributed by atoms with Gasteiger partial charge < -0.3 is 15.7 Å². The number of nitrogens with one attached hydrogen (secondary N) is 2. The van der Waals surface area contributed by atoms with E-state index in [0.29, 0.717) is 6.42 Å². The van der Waals surface area contributed by atoms with E-state index in [9.17, 15) is 9.59 Å². The van der Waals surface area contributed by atoms with Gasteiger partial charge in [0.05, 0.1) is 0 Å². The van der Waals surface area contributed by atoms with Crippen LogP contribution in [0.25, 0.3) is 0 Å². The number of carboxylic acid groups (broad SMARTS) is 1. The molecule has 1 saturated carbocycles. The molecule has 116 valence electrons. The van der Waals surface area contributed by atoms with Gasteiger partial charge in [-0.25, -0.2) is 9.59 Å². The third-order valence-electron chi connectivity index (χ3n) is 3.90. The first kappa shape index (κ1) is 16.8. The zero-order valence-corrected chi connectivity index (χ0v) is 12.8. The third-order valence-corrected chi connectivity index (χ3v) is 3.90. The van der Waals surface area contributed by atoms with Crippen LogP contribution in [0.1, 0.15) is 59.3 Å². The van der Waals surface area contributed by atoms with Gasteiger partial charge >= 0.3 is 12.0 Å². The summed E-state index contributed by atoms with van der Waals surface area (Å²) in [6.45, 7) is 6.13. The predicted octanol–water partition coefficient (Wildman–Crippen LogP) is 2.75. The zero-order valence-electron chi connectivity index (χ0n) is 12.8. The fourth-order valence-electron chi connectivity index (χ4n) is 2.71. The van der Waals surface area contributed by atoms with Crippen molar-refractivity contribution in [1.29, 1.82) is 0 Å². The van der Waals surface area contributed by atoms with Crippen molar-refractivity contribution in [2.24, 2.45) is 11.8 Å². The lowest BCUT2D eigenvalue weighted by atomic mass is 10.0. The quantitative estimate of drug-likeness (QED) is 0.679. The Kier molecular flexibility index (Phi) is 6.82. The maximum Gasteiger partial charge on any atom is 0.326 e. The molecule has 1 aliphatic rings. The van der Waals surface area contributed by atoms with Crippen molar-refractivity contribution in [2.45, 2.75) is 71.4 Å². The molecule has 0 aromatic carbocycles. The molecule has 0 aliphatic heterocycles. The van der Waals surface area contributed by atoms with Crippen molar-refractivity contribution in [3.05, 3.63) is 0 Å². The van der Waals surface area contributed by atoms with E-state index in [0.717, 1.165) is 31.6 Å². The molecule has 5 heteroatoms. The topological polar surface area (TPSA) is 78.4 Å². The van der Waals surface area contributed by atoms with Gasteiger partial charge in [-0.1, -0.05) is 33.6 Å². The summed E-state index contributed by atoms with van der Waals surface area (Å²) in [5, 5.41) is 14.6. The Morgan fingerprint density at radius 1 is 1.20 bits per heavy atom. The van der Waals surface area contributed by atoms with Crippen molar-refractivity contribution in [2.75, 3.05) is 0 Å². The van der Waals surface area contributed by atoms with Crippen LogP contribution in [0.5, 0.6) is 0 Å². The van der Waals surface area contributed by atoms with Gasteiger partial charge in [0.25, 0.3) is 0 Å². The van der Waals surface area contributed by atoms with Crippen LogP contribution < -0.4 is 10.6 Å². The molecule has 20 heavy (non-hydrogen) atoms. The Balaban J connectivity index is 2.42. The number of aliphatic carboxylic acids is 1. The van der Waals surface area contributed by atoms with Crippen LogP contribution in [0.4, 0.5) is 4.79 Å². The minimum absolute atomic E-state index is 0.174. The van der Waals surface area contributed by atoms with E-state index in [1.54, 1.807) is 0 Å². The molecule has 5 nitrogen and oxygen atoms in total. The van der Waals surface area contributed by atoms with Gasteiger partial charge in [-0.2, -0.15) is 0 Å². The van der Waals surface area contributed by atoms with Gasteiger partial charge in [0.1, 0.15) is 6.04 Å². The smallest absolute Gasteiger partial charge is 0.326 e. The van der Waals surface area contributed by atoms with Crippen LogP contribution in [0.2, 0.25) is 0 Å². The summed E-state index contributed by atoms with van der Waals surface area (Å²) in [4.78, 5) is 23.0. The molecule has 1 fully saturated rings. The second-order valence-corrected chi connectivity index (χ2v) is 6.45. The molecule has 0 radical (unpaired) electrons. The van der Waals surface area contributed by atoms with Gasteiger partial charge in [-0.05, 0) is 37.5 Å². The summed E-state index contributed by atoms with van der Waals surface area (Å²) < 4.78 is 0. The fraction of sp³-hybridized carbons (Fsp3) is 0.867. The first-order valence-electron chi connectivity index (χ1n) is 7.68. The average Bonchev–Trinajstić information content (AvgIpc) is 2.53. The number of amides is 2. The molecule has 1 rings (SSSR count). The van der Waals surface area contributed by atoms with Crippen LogP contribution in [0, 0.1) is 11.8 Å². The molecular formula is C15H28N2O3. The van der Waals surface area contributed by atoms with Crippen molar-refractivity contribution < 1.29 is 14.7 Å². The molecule has 3 atom stereocenters. The minimum Gasteiger partial charge on any atom is -0.480 e. The summed E-state index contributed by atoms with van der Waals surface area (Å²) in [6, 6.07) is -0.981. The second kappa shape index (κ2) is 8.12. The monoisotopic (exact) mass is 284 g/mol. The van der Waals surface area contributed by atoms with Crippen LogP contribution in [0.3, 0.4) is 0 Å². The summed E-state index contributed by atoms with van der Waals surface area (Å²) in [7, 11) is 0. The van der Waals surface area contributed by atoms with E-state index in [4.69, 9.17) is 5.11 Å². The van der Waals surface area contributed by atoms with Crippen LogP contribution >= 0.6 is 0 Å². The molecule has 1 aliphatic carbocycles. The van der Waals surface area contributed by atoms with Gasteiger partial charge in [-0.15, -0.1) is 0 Å². The number of urea groups is 1. The lowest BCUT2D eigenvalue weighted by Gasteiger charge is -2.20. The highest BCUT2D eigenvalue weighted by Crippen LogP contribution is 2.22. The largest absolute Gasteiger partial charge is 0.480 e. The molecule has 0 aromatic heterocycles. The highest BCUT2D eigenvalue weighted by molar-refractivity contribution is 5.82. The number of carboxylic acids is 1. The van der Waals surface area contributed by atoms with Crippen LogP contribution in [0.15, 0.2) is 0 Å². The van der Waals surface area contributed by atoms with E-state index < -0.39 is 12.0 Å². The lowest BCUT2D eigenvalue weighted by molar-refractivity contribution is -0.139. The molecule has 0 heterocycles. The first-order valence-corrected chi connectivity index (χ1v) is 7.68. The van der Waals surface area contributed by atoms with E-state index in [1.807, 2.05) is 13.8 Å². The van der Waals surface area contributed by atoms with E-state index in [-0.39, 0.29) is 18.0 Å². The molecule has 0 spiro atoms. The maximum atomic E-state index is 11.9. The third kappa shape index (κ3) is 6.26. The van der Waals surface area contributed by atoms with Crippen molar-refractivity contribution >= 4 is 12.0 Å². The number of carbonyl (C=O) groups is 2. The average molecular weight is 284 g/mol. The van der Waals surface area contributed by atoms with Crippen LogP contribution in [-0.4, -0.2) is 29.2 Å². The minimum atomic E-state index is -0.969. The second-order valence-electron chi connectivity index (χ2n) is 6.45. The number of carbonyl (C=O) groups excluding carboxylic acids is 1. The lowest BCUT2D eigenvalue weighted by Crippen LogP contribution is -2.49. The fourth-order valence-corrected chi connectivity index (χ4v) is 2.71. The predicted molar refractivity (Wildman–Crippen MR) is 78.6 cm³/mol. The standard InChI is InChI=1S/C15H28N2O3/c1-10(2)9-13(14(18)19)17-15(20)16-12-6-4-5-11(3)7-8-12/h10-13H,4-9H2,1-3H3,(H,18,19)(H2,16,17,20)/t11?,12?,13-/m0/s1. The number of hydrogen-bond acceptors (Lipinski definition) is 2. The molecule has 2 unspecified atom stereocenters. The Bertz CT molecular complexity index is 331. The molecule has 0 bridgehead atoms. The Hall–Kier alpha value is -1.26. The van der Waals surface area contributed by atoms with Gasteiger partial charge in [-0.3, -0.25) is 0 Å². The zero-order chi connectivity index (χ0) is 15.1. The van der Waals surface area contributed by atoms with Crippen molar-refractivity contribution in [3.63, 3.8) is 0 Å². The molecule has 3 N–H and O–H groups in total. The number of rotatable bonds is 5. The van der Waals surface area contributed by atoms with E-state index in [2.05, 4.69) is 17.6 Å². The van der Waals surface area contributed by atoms with Crippen molar-refractivity contribution in [3.8, 4) is 0 Å². The SMILES string of the molecule is CC(C)C[C@H](NC(=O)NC1CCCC(C)CC1)C(=O)O. The van der Waals surface area contributed by atoms with Gasteiger partial charge in [0, 0.05) is 6.04 Å². The van der Waals surface area contributed by atoms with Crippen molar-refractivity contribution in [1.82, 2.24) is 10.6 Å². The summed E-state index contributed by atoms with van der Waals surface area (Å²) in [6.07, 6.45) is 5.88. The van der Waals surface area contributed by atoms with E-state index >= 15 is 0 Å². The molecular weight excluding hydrogens is 256 g/mol. The highest BCUT2D eigenvalue weighted by Gasteiger charge is 2.23. The summed E-state index contributed by atoms with van der Waals surface area (Å²) in [5.41, 5.74) is 0. The van der Waals surface area contributed by atoms with Gasteiger partial charge in [0.15, 0.2) is 0 Å². The first-order chi connectivity index (χ1) is 9.38. The molecule has 0 saturated heterocycles. The molecule has 0 aromatic rings. The molecule has 2 amide bonds. The maximum absolute atomic E-state index is 11.9. The number of hydrogen-bond donors (Lipinski definition) is 3. The van der Waals surface area contributed by atoms with Gasteiger partial charge in [0.2, 0.25) is 0 Å². The summed E-state index contributed by atoms with van der Waals surface area (Å²) >= 11 is 0. The highest BCUT2D eigenvalue weighted by atomic mass is 16.4. The Labute approximate surface area is 121 Å².